The summed E-state index contributed by atoms with van der Waals surface area (Å²) >= 11 is 0. The molecule has 1 fully saturated rings. The number of carbonyl (C=O) groups is 1. The summed E-state index contributed by atoms with van der Waals surface area (Å²) in [6.45, 7) is 0.713. The molecule has 1 aliphatic heterocycles. The van der Waals surface area contributed by atoms with E-state index in [4.69, 9.17) is 4.98 Å². The van der Waals surface area contributed by atoms with Crippen LogP contribution in [0.25, 0.3) is 5.65 Å². The van der Waals surface area contributed by atoms with Crippen molar-refractivity contribution in [1.82, 2.24) is 29.5 Å². The summed E-state index contributed by atoms with van der Waals surface area (Å²) in [7, 11) is 3.74. The maximum Gasteiger partial charge on any atom is 0.257 e. The van der Waals surface area contributed by atoms with Crippen molar-refractivity contribution in [3.8, 4) is 0 Å². The van der Waals surface area contributed by atoms with Crippen molar-refractivity contribution in [2.24, 2.45) is 0 Å². The first kappa shape index (κ1) is 16.4. The van der Waals surface area contributed by atoms with Gasteiger partial charge in [0.2, 0.25) is 5.95 Å². The zero-order valence-electron chi connectivity index (χ0n) is 14.9. The third-order valence-electron chi connectivity index (χ3n) is 4.67. The predicted octanol–water partition coefficient (Wildman–Crippen LogP) is 1.95. The molecule has 134 valence electrons. The van der Waals surface area contributed by atoms with E-state index in [0.717, 1.165) is 30.6 Å². The summed E-state index contributed by atoms with van der Waals surface area (Å²) in [6.07, 6.45) is 9.79. The van der Waals surface area contributed by atoms with Crippen molar-refractivity contribution in [1.29, 1.82) is 0 Å². The fraction of sp³-hybridized carbons (Fsp3) is 0.389. The molecule has 1 aliphatic rings. The van der Waals surface area contributed by atoms with E-state index in [1.54, 1.807) is 23.1 Å². The first-order chi connectivity index (χ1) is 12.6. The van der Waals surface area contributed by atoms with E-state index in [2.05, 4.69) is 15.1 Å². The third-order valence-corrected chi connectivity index (χ3v) is 4.67. The van der Waals surface area contributed by atoms with Crippen LogP contribution in [0.5, 0.6) is 0 Å². The average Bonchev–Trinajstić information content (AvgIpc) is 3.15. The SMILES string of the molecule is CN(C)c1ncc(C(=O)N2CCCC[C@@H]2c2ccn3nccc3n2)cn1. The summed E-state index contributed by atoms with van der Waals surface area (Å²) in [5.74, 6) is 0.541. The molecule has 1 saturated heterocycles. The zero-order valence-corrected chi connectivity index (χ0v) is 14.9. The van der Waals surface area contributed by atoms with E-state index in [1.807, 2.05) is 42.2 Å². The average molecular weight is 351 g/mol. The molecule has 0 aromatic carbocycles. The number of hydrogen-bond acceptors (Lipinski definition) is 6. The van der Waals surface area contributed by atoms with Gasteiger partial charge in [0.1, 0.15) is 0 Å². The fourth-order valence-corrected chi connectivity index (χ4v) is 3.32. The smallest absolute Gasteiger partial charge is 0.257 e. The molecule has 1 amide bonds. The van der Waals surface area contributed by atoms with E-state index >= 15 is 0 Å². The van der Waals surface area contributed by atoms with Crippen LogP contribution in [0.3, 0.4) is 0 Å². The lowest BCUT2D eigenvalue weighted by atomic mass is 9.98. The Hall–Kier alpha value is -3.03. The van der Waals surface area contributed by atoms with Crippen LogP contribution in [-0.4, -0.2) is 56.0 Å². The van der Waals surface area contributed by atoms with Gasteiger partial charge in [-0.2, -0.15) is 5.10 Å². The summed E-state index contributed by atoms with van der Waals surface area (Å²) in [5, 5.41) is 4.18. The van der Waals surface area contributed by atoms with Crippen LogP contribution in [0.4, 0.5) is 5.95 Å². The van der Waals surface area contributed by atoms with Crippen LogP contribution in [0.15, 0.2) is 36.9 Å². The molecule has 0 bridgehead atoms. The third kappa shape index (κ3) is 2.98. The van der Waals surface area contributed by atoms with Gasteiger partial charge in [-0.1, -0.05) is 0 Å². The van der Waals surface area contributed by atoms with E-state index in [-0.39, 0.29) is 11.9 Å². The van der Waals surface area contributed by atoms with Crippen LogP contribution in [0.1, 0.15) is 41.4 Å². The quantitative estimate of drug-likeness (QED) is 0.718. The second-order valence-electron chi connectivity index (χ2n) is 6.66. The van der Waals surface area contributed by atoms with Crippen molar-refractivity contribution < 1.29 is 4.79 Å². The normalized spacial score (nSPS) is 17.5. The van der Waals surface area contributed by atoms with Crippen molar-refractivity contribution in [2.45, 2.75) is 25.3 Å². The van der Waals surface area contributed by atoms with Gasteiger partial charge in [0.25, 0.3) is 5.91 Å². The molecule has 0 aliphatic carbocycles. The highest BCUT2D eigenvalue weighted by Crippen LogP contribution is 2.31. The van der Waals surface area contributed by atoms with E-state index < -0.39 is 0 Å². The van der Waals surface area contributed by atoms with Gasteiger partial charge in [0, 0.05) is 45.3 Å². The zero-order chi connectivity index (χ0) is 18.1. The predicted molar refractivity (Wildman–Crippen MR) is 97.0 cm³/mol. The van der Waals surface area contributed by atoms with Crippen LogP contribution < -0.4 is 4.90 Å². The second kappa shape index (κ2) is 6.70. The molecule has 0 unspecified atom stereocenters. The molecule has 1 atom stereocenters. The molecule has 3 aromatic rings. The standard InChI is InChI=1S/C18H21N7O/c1-23(2)18-19-11-13(12-20-18)17(26)24-9-4-3-5-15(24)14-7-10-25-16(22-14)6-8-21-25/h6-8,10-12,15H,3-5,9H2,1-2H3/t15-/m1/s1. The summed E-state index contributed by atoms with van der Waals surface area (Å²) in [5.41, 5.74) is 2.20. The number of carbonyl (C=O) groups excluding carboxylic acids is 1. The molecule has 26 heavy (non-hydrogen) atoms. The van der Waals surface area contributed by atoms with E-state index in [9.17, 15) is 4.79 Å². The van der Waals surface area contributed by atoms with Gasteiger partial charge < -0.3 is 9.80 Å². The Kier molecular flexibility index (Phi) is 4.24. The summed E-state index contributed by atoms with van der Waals surface area (Å²) in [4.78, 5) is 30.0. The molecular weight excluding hydrogens is 330 g/mol. The molecule has 0 radical (unpaired) electrons. The topological polar surface area (TPSA) is 79.5 Å². The fourth-order valence-electron chi connectivity index (χ4n) is 3.32. The van der Waals surface area contributed by atoms with Gasteiger partial charge in [0.05, 0.1) is 23.5 Å². The Balaban J connectivity index is 1.63. The van der Waals surface area contributed by atoms with Gasteiger partial charge in [-0.15, -0.1) is 0 Å². The monoisotopic (exact) mass is 351 g/mol. The number of nitrogens with zero attached hydrogens (tertiary/aromatic N) is 7. The maximum absolute atomic E-state index is 13.1. The molecule has 0 N–H and O–H groups in total. The molecule has 0 spiro atoms. The molecule has 4 rings (SSSR count). The van der Waals surface area contributed by atoms with E-state index in [1.165, 1.54) is 0 Å². The highest BCUT2D eigenvalue weighted by molar-refractivity contribution is 5.94. The van der Waals surface area contributed by atoms with E-state index in [0.29, 0.717) is 18.1 Å². The van der Waals surface area contributed by atoms with Crippen molar-refractivity contribution in [3.63, 3.8) is 0 Å². The number of aromatic nitrogens is 5. The highest BCUT2D eigenvalue weighted by Gasteiger charge is 2.30. The van der Waals surface area contributed by atoms with Crippen molar-refractivity contribution >= 4 is 17.5 Å². The Bertz CT molecular complexity index is 919. The van der Waals surface area contributed by atoms with Crippen LogP contribution in [0.2, 0.25) is 0 Å². The molecule has 3 aromatic heterocycles. The number of rotatable bonds is 3. The number of fused-ring (bicyclic) bond motifs is 1. The van der Waals surface area contributed by atoms with Crippen LogP contribution in [-0.2, 0) is 0 Å². The van der Waals surface area contributed by atoms with Gasteiger partial charge in [0.15, 0.2) is 5.65 Å². The number of anilines is 1. The lowest BCUT2D eigenvalue weighted by Gasteiger charge is -2.35. The lowest BCUT2D eigenvalue weighted by molar-refractivity contribution is 0.0605. The minimum absolute atomic E-state index is 0.0373. The summed E-state index contributed by atoms with van der Waals surface area (Å²) < 4.78 is 1.73. The maximum atomic E-state index is 13.1. The Morgan fingerprint density at radius 2 is 2.00 bits per heavy atom. The minimum atomic E-state index is -0.0461. The molecule has 4 heterocycles. The number of hydrogen-bond donors (Lipinski definition) is 0. The Morgan fingerprint density at radius 3 is 2.77 bits per heavy atom. The Labute approximate surface area is 151 Å². The van der Waals surface area contributed by atoms with Gasteiger partial charge in [-0.3, -0.25) is 4.79 Å². The first-order valence-corrected chi connectivity index (χ1v) is 8.74. The van der Waals surface area contributed by atoms with Gasteiger partial charge in [-0.25, -0.2) is 19.5 Å². The lowest BCUT2D eigenvalue weighted by Crippen LogP contribution is -2.39. The second-order valence-corrected chi connectivity index (χ2v) is 6.66. The van der Waals surface area contributed by atoms with Crippen molar-refractivity contribution in [2.75, 3.05) is 25.5 Å². The van der Waals surface area contributed by atoms with Crippen LogP contribution in [0, 0.1) is 0 Å². The van der Waals surface area contributed by atoms with Crippen molar-refractivity contribution in [3.05, 3.63) is 48.2 Å². The first-order valence-electron chi connectivity index (χ1n) is 8.74. The number of piperidine rings is 1. The molecule has 8 nitrogen and oxygen atoms in total. The Morgan fingerprint density at radius 1 is 1.19 bits per heavy atom. The largest absolute Gasteiger partial charge is 0.347 e. The molecular formula is C18H21N7O. The highest BCUT2D eigenvalue weighted by atomic mass is 16.2. The van der Waals surface area contributed by atoms with Gasteiger partial charge >= 0.3 is 0 Å². The van der Waals surface area contributed by atoms with Crippen LogP contribution >= 0.6 is 0 Å². The molecule has 0 saturated carbocycles. The number of likely N-dealkylation sites (tertiary alicyclic amines) is 1. The summed E-state index contributed by atoms with van der Waals surface area (Å²) in [6, 6.07) is 3.78. The van der Waals surface area contributed by atoms with Gasteiger partial charge in [-0.05, 0) is 25.3 Å². The molecule has 8 heteroatoms. The minimum Gasteiger partial charge on any atom is -0.347 e. The number of amides is 1.